The molecule has 0 bridgehead atoms. The second-order valence-corrected chi connectivity index (χ2v) is 15.3. The van der Waals surface area contributed by atoms with Gasteiger partial charge in [-0.05, 0) is 74.2 Å². The van der Waals surface area contributed by atoms with Crippen molar-refractivity contribution in [2.45, 2.75) is 60.8 Å². The molecule has 0 aliphatic carbocycles. The van der Waals surface area contributed by atoms with Gasteiger partial charge in [-0.2, -0.15) is 0 Å². The molecule has 0 spiro atoms. The fourth-order valence-corrected chi connectivity index (χ4v) is 9.91. The Hall–Kier alpha value is -3.70. The van der Waals surface area contributed by atoms with Crippen LogP contribution in [0.1, 0.15) is 46.9 Å². The number of nitrogens with zero attached hydrogens (tertiary/aromatic N) is 2. The van der Waals surface area contributed by atoms with Crippen molar-refractivity contribution in [1.29, 1.82) is 0 Å². The molecule has 0 unspecified atom stereocenters. The average molecular weight is 631 g/mol. The van der Waals surface area contributed by atoms with Gasteiger partial charge in [-0.1, -0.05) is 71.8 Å². The zero-order valence-corrected chi connectivity index (χ0v) is 26.2. The summed E-state index contributed by atoms with van der Waals surface area (Å²) in [6.45, 7) is 5.09. The third-order valence-corrected chi connectivity index (χ3v) is 12.5. The summed E-state index contributed by atoms with van der Waals surface area (Å²) in [4.78, 5) is 0.619. The van der Waals surface area contributed by atoms with E-state index in [-0.39, 0.29) is 11.8 Å². The average Bonchev–Trinajstić information content (AvgIpc) is 3.79. The van der Waals surface area contributed by atoms with Gasteiger partial charge in [0.1, 0.15) is 0 Å². The first kappa shape index (κ1) is 29.0. The van der Waals surface area contributed by atoms with Crippen LogP contribution in [-0.4, -0.2) is 42.5 Å². The molecule has 0 saturated carbocycles. The van der Waals surface area contributed by atoms with Gasteiger partial charge < -0.3 is 9.47 Å². The topological polar surface area (TPSA) is 93.2 Å². The Balaban J connectivity index is 0.000000142. The van der Waals surface area contributed by atoms with E-state index < -0.39 is 32.5 Å². The third-order valence-electron chi connectivity index (χ3n) is 8.89. The highest BCUT2D eigenvalue weighted by Crippen LogP contribution is 2.49. The van der Waals surface area contributed by atoms with Crippen molar-refractivity contribution in [3.05, 3.63) is 119 Å². The highest BCUT2D eigenvalue weighted by molar-refractivity contribution is 7.93. The Morgan fingerprint density at radius 2 is 0.909 bits per heavy atom. The van der Waals surface area contributed by atoms with E-state index in [0.29, 0.717) is 23.0 Å². The lowest BCUT2D eigenvalue weighted by Crippen LogP contribution is -2.38. The Bertz CT molecular complexity index is 1770. The lowest BCUT2D eigenvalue weighted by Gasteiger charge is -2.25. The maximum Gasteiger partial charge on any atom is 0.266 e. The van der Waals surface area contributed by atoms with Crippen LogP contribution in [0.15, 0.2) is 107 Å². The minimum absolute atomic E-state index is 0.136. The number of sulfonamides is 2. The molecule has 10 heteroatoms. The van der Waals surface area contributed by atoms with Gasteiger partial charge in [0.25, 0.3) is 20.0 Å². The van der Waals surface area contributed by atoms with Crippen LogP contribution in [0.5, 0.6) is 0 Å². The summed E-state index contributed by atoms with van der Waals surface area (Å²) in [6, 6.07) is 29.3. The molecule has 8 rings (SSSR count). The molecular weight excluding hydrogens is 597 g/mol. The fourth-order valence-electron chi connectivity index (χ4n) is 6.69. The van der Waals surface area contributed by atoms with Gasteiger partial charge >= 0.3 is 0 Å². The number of ether oxygens (including phenoxy) is 2. The molecule has 4 aliphatic rings. The van der Waals surface area contributed by atoms with Gasteiger partial charge in [0.05, 0.1) is 34.4 Å². The van der Waals surface area contributed by atoms with Gasteiger partial charge in [-0.15, -0.1) is 0 Å². The number of hydrogen-bond donors (Lipinski definition) is 0. The maximum absolute atomic E-state index is 13.1. The SMILES string of the molecule is Cc1ccc(S(=O)(=O)N2c3ccccc3[C@H]3CCO[C@H]32)cc1.Cc1ccc(S(=O)(=O)N2c3ccccc3[C@H]3CCO[C@H]32)cc1. The van der Waals surface area contributed by atoms with Crippen LogP contribution in [0.25, 0.3) is 0 Å². The molecule has 4 aromatic rings. The van der Waals surface area contributed by atoms with Crippen molar-refractivity contribution in [3.63, 3.8) is 0 Å². The summed E-state index contributed by atoms with van der Waals surface area (Å²) in [6.07, 6.45) is 0.899. The first-order valence-corrected chi connectivity index (χ1v) is 17.7. The van der Waals surface area contributed by atoms with E-state index in [4.69, 9.17) is 9.47 Å². The van der Waals surface area contributed by atoms with Crippen LogP contribution in [0.4, 0.5) is 11.4 Å². The molecule has 4 atom stereocenters. The quantitative estimate of drug-likeness (QED) is 0.272. The molecule has 2 saturated heterocycles. The van der Waals surface area contributed by atoms with E-state index in [9.17, 15) is 16.8 Å². The Kier molecular flexibility index (Phi) is 7.28. The van der Waals surface area contributed by atoms with Crippen molar-refractivity contribution in [2.24, 2.45) is 0 Å². The van der Waals surface area contributed by atoms with Crippen molar-refractivity contribution >= 4 is 31.4 Å². The Morgan fingerprint density at radius 1 is 0.545 bits per heavy atom. The fraction of sp³-hybridized carbons (Fsp3) is 0.294. The van der Waals surface area contributed by atoms with Gasteiger partial charge in [-0.25, -0.2) is 25.4 Å². The predicted molar refractivity (Wildman–Crippen MR) is 169 cm³/mol. The van der Waals surface area contributed by atoms with Gasteiger partial charge in [0.2, 0.25) is 0 Å². The van der Waals surface area contributed by atoms with E-state index in [1.807, 2.05) is 86.6 Å². The molecule has 0 aromatic heterocycles. The minimum atomic E-state index is -3.61. The van der Waals surface area contributed by atoms with Crippen LogP contribution in [0, 0.1) is 13.8 Å². The maximum atomic E-state index is 13.1. The molecule has 0 radical (unpaired) electrons. The van der Waals surface area contributed by atoms with Crippen LogP contribution in [0.3, 0.4) is 0 Å². The summed E-state index contributed by atoms with van der Waals surface area (Å²) in [5.41, 5.74) is 5.71. The molecule has 4 aliphatic heterocycles. The predicted octanol–water partition coefficient (Wildman–Crippen LogP) is 6.07. The zero-order chi connectivity index (χ0) is 30.6. The van der Waals surface area contributed by atoms with Crippen molar-refractivity contribution in [1.82, 2.24) is 0 Å². The number of rotatable bonds is 4. The van der Waals surface area contributed by atoms with Crippen LogP contribution >= 0.6 is 0 Å². The standard InChI is InChI=1S/2C17H17NO3S/c2*1-12-6-8-13(9-7-12)22(19,20)18-16-5-3-2-4-14(16)15-10-11-21-17(15)18/h2*2-9,15,17H,10-11H2,1H3/t2*15-,17-/m11/s1. The Labute approximate surface area is 259 Å². The molecule has 0 amide bonds. The second-order valence-electron chi connectivity index (χ2n) is 11.7. The van der Waals surface area contributed by atoms with E-state index in [1.54, 1.807) is 24.3 Å². The van der Waals surface area contributed by atoms with E-state index in [0.717, 1.165) is 46.5 Å². The zero-order valence-electron chi connectivity index (χ0n) is 24.5. The molecule has 8 nitrogen and oxygen atoms in total. The van der Waals surface area contributed by atoms with Crippen LogP contribution in [-0.2, 0) is 29.5 Å². The number of aryl methyl sites for hydroxylation is 2. The largest absolute Gasteiger partial charge is 0.357 e. The Morgan fingerprint density at radius 3 is 1.30 bits per heavy atom. The van der Waals surface area contributed by atoms with E-state index >= 15 is 0 Å². The van der Waals surface area contributed by atoms with Crippen LogP contribution in [0.2, 0.25) is 0 Å². The summed E-state index contributed by atoms with van der Waals surface area (Å²) >= 11 is 0. The van der Waals surface area contributed by atoms with E-state index in [1.165, 1.54) is 8.61 Å². The molecular formula is C34H34N2O6S2. The van der Waals surface area contributed by atoms with Crippen molar-refractivity contribution in [3.8, 4) is 0 Å². The normalized spacial score (nSPS) is 23.4. The third kappa shape index (κ3) is 4.72. The van der Waals surface area contributed by atoms with Crippen molar-refractivity contribution < 1.29 is 26.3 Å². The minimum Gasteiger partial charge on any atom is -0.357 e. The summed E-state index contributed by atoms with van der Waals surface area (Å²) < 4.78 is 66.8. The van der Waals surface area contributed by atoms with Crippen LogP contribution < -0.4 is 8.61 Å². The lowest BCUT2D eigenvalue weighted by molar-refractivity contribution is 0.117. The number of fused-ring (bicyclic) bond motifs is 6. The number of anilines is 2. The van der Waals surface area contributed by atoms with Gasteiger partial charge in [0.15, 0.2) is 12.5 Å². The number of hydrogen-bond acceptors (Lipinski definition) is 6. The van der Waals surface area contributed by atoms with E-state index in [2.05, 4.69) is 0 Å². The molecule has 0 N–H and O–H groups in total. The second kappa shape index (κ2) is 11.0. The smallest absolute Gasteiger partial charge is 0.266 e. The molecule has 4 aromatic carbocycles. The highest BCUT2D eigenvalue weighted by Gasteiger charge is 2.49. The monoisotopic (exact) mass is 630 g/mol. The molecule has 228 valence electrons. The molecule has 44 heavy (non-hydrogen) atoms. The number of para-hydroxylation sites is 2. The number of benzene rings is 4. The first-order chi connectivity index (χ1) is 21.2. The first-order valence-electron chi connectivity index (χ1n) is 14.8. The summed E-state index contributed by atoms with van der Waals surface area (Å²) in [5.74, 6) is 0.271. The molecule has 2 fully saturated rings. The lowest BCUT2D eigenvalue weighted by atomic mass is 9.99. The molecule has 4 heterocycles. The summed E-state index contributed by atoms with van der Waals surface area (Å²) in [7, 11) is -7.23. The van der Waals surface area contributed by atoms with Crippen molar-refractivity contribution in [2.75, 3.05) is 21.8 Å². The summed E-state index contributed by atoms with van der Waals surface area (Å²) in [5, 5.41) is 0. The van der Waals surface area contributed by atoms with Gasteiger partial charge in [0, 0.05) is 11.8 Å². The highest BCUT2D eigenvalue weighted by atomic mass is 32.2. The van der Waals surface area contributed by atoms with Gasteiger partial charge in [-0.3, -0.25) is 0 Å².